The first-order valence-corrected chi connectivity index (χ1v) is 26.1. The molecule has 0 spiro atoms. The molecule has 0 aliphatic rings. The van der Waals surface area contributed by atoms with Gasteiger partial charge in [0, 0.05) is 19.4 Å². The van der Waals surface area contributed by atoms with Gasteiger partial charge >= 0.3 is 19.8 Å². The van der Waals surface area contributed by atoms with Gasteiger partial charge in [-0.15, -0.1) is 0 Å². The molecule has 0 saturated heterocycles. The summed E-state index contributed by atoms with van der Waals surface area (Å²) in [4.78, 5) is 34.9. The second kappa shape index (κ2) is 46.5. The van der Waals surface area contributed by atoms with E-state index >= 15 is 0 Å². The second-order valence-electron chi connectivity index (χ2n) is 16.3. The molecule has 3 N–H and O–H groups in total. The summed E-state index contributed by atoms with van der Waals surface area (Å²) in [5.41, 5.74) is 5.35. The minimum absolute atomic E-state index is 0.0517. The van der Waals surface area contributed by atoms with Crippen molar-refractivity contribution >= 4 is 19.8 Å². The Kier molecular flexibility index (Phi) is 44.9. The Morgan fingerprint density at radius 2 is 0.900 bits per heavy atom. The number of ether oxygens (including phenoxy) is 2. The average molecular weight is 866 g/mol. The van der Waals surface area contributed by atoms with Crippen molar-refractivity contribution in [1.29, 1.82) is 0 Å². The molecule has 10 heteroatoms. The van der Waals surface area contributed by atoms with E-state index in [-0.39, 0.29) is 32.6 Å². The van der Waals surface area contributed by atoms with Gasteiger partial charge in [0.05, 0.1) is 13.2 Å². The summed E-state index contributed by atoms with van der Waals surface area (Å²) in [6.45, 7) is 3.66. The third-order valence-electron chi connectivity index (χ3n) is 10.4. The Morgan fingerprint density at radius 3 is 1.37 bits per heavy atom. The molecule has 0 aliphatic heterocycles. The highest BCUT2D eigenvalue weighted by Gasteiger charge is 2.26. The quantitative estimate of drug-likeness (QED) is 0.0265. The summed E-state index contributed by atoms with van der Waals surface area (Å²) < 4.78 is 32.8. The number of esters is 2. The van der Waals surface area contributed by atoms with Crippen LogP contribution in [0.2, 0.25) is 0 Å². The standard InChI is InChI=1S/C50H92NO8P/c1-3-5-7-9-11-13-15-16-17-18-19-20-21-22-23-24-25-26-27-28-29-30-31-32-33-35-37-39-41-43-50(53)59-48(47-58-60(54,55)57-45-44-51)46-56-49(52)42-40-38-36-34-14-12-10-8-6-4-2/h8,10,15-16,18-19,21-22,48H,3-7,9,11-14,17,20,23-47,51H2,1-2H3,(H,54,55)/b10-8-,16-15-,19-18-,22-21-. The molecule has 0 fully saturated rings. The lowest BCUT2D eigenvalue weighted by molar-refractivity contribution is -0.161. The van der Waals surface area contributed by atoms with Crippen LogP contribution in [0.15, 0.2) is 48.6 Å². The van der Waals surface area contributed by atoms with Crippen LogP contribution in [0.3, 0.4) is 0 Å². The van der Waals surface area contributed by atoms with Gasteiger partial charge in [-0.3, -0.25) is 18.6 Å². The highest BCUT2D eigenvalue weighted by atomic mass is 31.2. The minimum Gasteiger partial charge on any atom is -0.462 e. The largest absolute Gasteiger partial charge is 0.472 e. The maximum atomic E-state index is 12.6. The van der Waals surface area contributed by atoms with E-state index in [1.54, 1.807) is 0 Å². The fourth-order valence-corrected chi connectivity index (χ4v) is 7.53. The van der Waals surface area contributed by atoms with Gasteiger partial charge in [-0.05, 0) is 70.6 Å². The molecule has 2 atom stereocenters. The maximum absolute atomic E-state index is 12.6. The lowest BCUT2D eigenvalue weighted by atomic mass is 10.0. The van der Waals surface area contributed by atoms with E-state index in [4.69, 9.17) is 24.3 Å². The molecule has 0 saturated carbocycles. The predicted molar refractivity (Wildman–Crippen MR) is 252 cm³/mol. The Balaban J connectivity index is 3.93. The van der Waals surface area contributed by atoms with Crippen molar-refractivity contribution in [2.75, 3.05) is 26.4 Å². The molecule has 2 unspecified atom stereocenters. The number of allylic oxidation sites excluding steroid dienone is 8. The fraction of sp³-hybridized carbons (Fsp3) is 0.800. The maximum Gasteiger partial charge on any atom is 0.472 e. The Hall–Kier alpha value is -2.03. The Bertz CT molecular complexity index is 1120. The lowest BCUT2D eigenvalue weighted by Crippen LogP contribution is -2.29. The number of hydrogen-bond acceptors (Lipinski definition) is 8. The zero-order valence-electron chi connectivity index (χ0n) is 38.7. The molecule has 0 aromatic carbocycles. The van der Waals surface area contributed by atoms with Gasteiger partial charge in [0.2, 0.25) is 0 Å². The number of phosphoric ester groups is 1. The van der Waals surface area contributed by atoms with E-state index in [1.165, 1.54) is 116 Å². The highest BCUT2D eigenvalue weighted by molar-refractivity contribution is 7.47. The number of nitrogens with two attached hydrogens (primary N) is 1. The fourth-order valence-electron chi connectivity index (χ4n) is 6.76. The van der Waals surface area contributed by atoms with Crippen LogP contribution in [-0.4, -0.2) is 49.3 Å². The molecular weight excluding hydrogens is 774 g/mol. The minimum atomic E-state index is -4.38. The average Bonchev–Trinajstić information content (AvgIpc) is 3.24. The van der Waals surface area contributed by atoms with Crippen LogP contribution in [-0.2, 0) is 32.7 Å². The first-order chi connectivity index (χ1) is 29.3. The van der Waals surface area contributed by atoms with E-state index < -0.39 is 32.5 Å². The summed E-state index contributed by atoms with van der Waals surface area (Å²) >= 11 is 0. The van der Waals surface area contributed by atoms with Crippen LogP contribution < -0.4 is 5.73 Å². The molecule has 0 aliphatic carbocycles. The second-order valence-corrected chi connectivity index (χ2v) is 17.8. The van der Waals surface area contributed by atoms with Gasteiger partial charge in [-0.25, -0.2) is 4.57 Å². The van der Waals surface area contributed by atoms with Crippen molar-refractivity contribution in [2.24, 2.45) is 5.73 Å². The molecular formula is C50H92NO8P. The third kappa shape index (κ3) is 45.5. The zero-order chi connectivity index (χ0) is 43.9. The normalized spacial score (nSPS) is 13.6. The van der Waals surface area contributed by atoms with Crippen LogP contribution in [0, 0.1) is 0 Å². The van der Waals surface area contributed by atoms with Gasteiger partial charge in [-0.1, -0.05) is 191 Å². The number of carbonyl (C=O) groups excluding carboxylic acids is 2. The van der Waals surface area contributed by atoms with Crippen LogP contribution in [0.4, 0.5) is 0 Å². The van der Waals surface area contributed by atoms with Gasteiger partial charge < -0.3 is 20.1 Å². The third-order valence-corrected chi connectivity index (χ3v) is 11.4. The van der Waals surface area contributed by atoms with E-state index in [1.807, 2.05) is 0 Å². The molecule has 0 bridgehead atoms. The van der Waals surface area contributed by atoms with Gasteiger partial charge in [0.15, 0.2) is 6.10 Å². The molecule has 0 heterocycles. The number of unbranched alkanes of at least 4 members (excludes halogenated alkanes) is 25. The Labute approximate surface area is 368 Å². The van der Waals surface area contributed by atoms with E-state index in [0.29, 0.717) is 6.42 Å². The summed E-state index contributed by atoms with van der Waals surface area (Å²) in [5.74, 6) is -0.839. The molecule has 60 heavy (non-hydrogen) atoms. The predicted octanol–water partition coefficient (Wildman–Crippen LogP) is 14.7. The van der Waals surface area contributed by atoms with Crippen LogP contribution in [0.1, 0.15) is 226 Å². The summed E-state index contributed by atoms with van der Waals surface area (Å²) in [6, 6.07) is 0. The monoisotopic (exact) mass is 866 g/mol. The molecule has 0 amide bonds. The van der Waals surface area contributed by atoms with E-state index in [2.05, 4.69) is 62.5 Å². The number of carbonyl (C=O) groups is 2. The van der Waals surface area contributed by atoms with Crippen LogP contribution in [0.5, 0.6) is 0 Å². The van der Waals surface area contributed by atoms with Crippen molar-refractivity contribution in [3.8, 4) is 0 Å². The molecule has 0 radical (unpaired) electrons. The van der Waals surface area contributed by atoms with E-state index in [9.17, 15) is 19.0 Å². The highest BCUT2D eigenvalue weighted by Crippen LogP contribution is 2.43. The smallest absolute Gasteiger partial charge is 0.462 e. The van der Waals surface area contributed by atoms with Crippen molar-refractivity contribution in [2.45, 2.75) is 232 Å². The number of rotatable bonds is 46. The van der Waals surface area contributed by atoms with Crippen molar-refractivity contribution in [3.63, 3.8) is 0 Å². The molecule has 9 nitrogen and oxygen atoms in total. The molecule has 350 valence electrons. The zero-order valence-corrected chi connectivity index (χ0v) is 39.6. The van der Waals surface area contributed by atoms with Gasteiger partial charge in [0.25, 0.3) is 0 Å². The van der Waals surface area contributed by atoms with Gasteiger partial charge in [-0.2, -0.15) is 0 Å². The van der Waals surface area contributed by atoms with Gasteiger partial charge in [0.1, 0.15) is 6.61 Å². The first kappa shape index (κ1) is 58.0. The molecule has 0 rings (SSSR count). The van der Waals surface area contributed by atoms with Crippen LogP contribution >= 0.6 is 7.82 Å². The summed E-state index contributed by atoms with van der Waals surface area (Å²) in [5, 5.41) is 0. The van der Waals surface area contributed by atoms with Crippen molar-refractivity contribution < 1.29 is 37.6 Å². The Morgan fingerprint density at radius 1 is 0.500 bits per heavy atom. The molecule has 0 aromatic rings. The summed E-state index contributed by atoms with van der Waals surface area (Å²) in [6.07, 6.45) is 54.5. The molecule has 0 aromatic heterocycles. The summed E-state index contributed by atoms with van der Waals surface area (Å²) in [7, 11) is -4.38. The lowest BCUT2D eigenvalue weighted by Gasteiger charge is -2.19. The topological polar surface area (TPSA) is 134 Å². The van der Waals surface area contributed by atoms with E-state index in [0.717, 1.165) is 77.0 Å². The number of phosphoric acid groups is 1. The number of hydrogen-bond donors (Lipinski definition) is 2. The van der Waals surface area contributed by atoms with Crippen LogP contribution in [0.25, 0.3) is 0 Å². The van der Waals surface area contributed by atoms with Crippen molar-refractivity contribution in [1.82, 2.24) is 0 Å². The SMILES string of the molecule is CCC/C=C\CCCCCCCC(=O)OCC(COP(=O)(O)OCCN)OC(=O)CCCCCCCCCCCCCCCC/C=C\C/C=C\C/C=C\CCCCCCC. The first-order valence-electron chi connectivity index (χ1n) is 24.6. The van der Waals surface area contributed by atoms with Crippen molar-refractivity contribution in [3.05, 3.63) is 48.6 Å².